The van der Waals surface area contributed by atoms with Crippen molar-refractivity contribution in [3.8, 4) is 0 Å². The Labute approximate surface area is 209 Å². The minimum Gasteiger partial charge on any atom is -0.241 e. The van der Waals surface area contributed by atoms with Crippen LogP contribution >= 0.6 is 0 Å². The summed E-state index contributed by atoms with van der Waals surface area (Å²) < 4.78 is 2.26. The van der Waals surface area contributed by atoms with E-state index in [9.17, 15) is 0 Å². The molecule has 0 atom stereocenters. The van der Waals surface area contributed by atoms with Gasteiger partial charge in [0, 0.05) is 10.6 Å². The molecule has 186 valence electrons. The zero-order valence-electron chi connectivity index (χ0n) is 23.2. The normalized spacial score (nSPS) is 12.6. The molecule has 0 amide bonds. The number of nitrogens with two attached hydrogens (primary N) is 1. The predicted molar refractivity (Wildman–Crippen MR) is 158 cm³/mol. The fraction of sp³-hybridized carbons (Fsp3) is 0.312. The number of benzene rings is 1. The summed E-state index contributed by atoms with van der Waals surface area (Å²) in [5, 5.41) is 3.64. The number of allylic oxidation sites excluding steroid dienone is 10. The van der Waals surface area contributed by atoms with Crippen molar-refractivity contribution in [3.05, 3.63) is 108 Å². The average Bonchev–Trinajstić information content (AvgIpc) is 3.21. The number of para-hydroxylation sites is 1. The molecule has 1 aromatic heterocycles. The quantitative estimate of drug-likeness (QED) is 0.323. The van der Waals surface area contributed by atoms with Crippen LogP contribution in [-0.2, 0) is 0 Å². The molecule has 0 radical (unpaired) electrons. The number of hydrogen-bond donors (Lipinski definition) is 1. The monoisotopic (exact) mass is 461 g/mol. The van der Waals surface area contributed by atoms with E-state index in [1.807, 2.05) is 79.7 Å². The minimum absolute atomic E-state index is 0.837. The SMILES string of the molecule is C=C/C=C(\C=C/C)C/C=c1/c(=C\C(C=C)=C\C=C/C)c2ccccc2n1[NH2+]C.CC.CC.CC. The summed E-state index contributed by atoms with van der Waals surface area (Å²) in [5.74, 6) is 0. The second-order valence-electron chi connectivity index (χ2n) is 6.37. The zero-order chi connectivity index (χ0) is 26.4. The molecule has 34 heavy (non-hydrogen) atoms. The highest BCUT2D eigenvalue weighted by atomic mass is 15.4. The maximum absolute atomic E-state index is 3.98. The average molecular weight is 462 g/mol. The second-order valence-corrected chi connectivity index (χ2v) is 6.37. The zero-order valence-corrected chi connectivity index (χ0v) is 23.2. The van der Waals surface area contributed by atoms with Crippen LogP contribution in [0.5, 0.6) is 0 Å². The van der Waals surface area contributed by atoms with Gasteiger partial charge < -0.3 is 0 Å². The van der Waals surface area contributed by atoms with E-state index < -0.39 is 0 Å². The molecule has 0 saturated carbocycles. The second kappa shape index (κ2) is 21.7. The Balaban J connectivity index is 0. The number of rotatable bonds is 8. The van der Waals surface area contributed by atoms with Crippen molar-refractivity contribution in [2.45, 2.75) is 61.8 Å². The molecular formula is C32H49N2+. The van der Waals surface area contributed by atoms with Crippen LogP contribution in [0.15, 0.2) is 97.2 Å². The lowest BCUT2D eigenvalue weighted by Crippen LogP contribution is -2.86. The molecule has 0 saturated heterocycles. The van der Waals surface area contributed by atoms with E-state index in [-0.39, 0.29) is 0 Å². The van der Waals surface area contributed by atoms with Crippen molar-refractivity contribution >= 4 is 23.1 Å². The minimum atomic E-state index is 0.837. The first kappa shape index (κ1) is 33.1. The Kier molecular flexibility index (Phi) is 21.1. The van der Waals surface area contributed by atoms with Crippen LogP contribution in [-0.4, -0.2) is 11.7 Å². The maximum atomic E-state index is 3.98. The molecule has 2 nitrogen and oxygen atoms in total. The standard InChI is InChI=1S/C26H30N2.3C2H6/c1-6-10-15-21(9-4)20-24-23-16-11-12-17-25(23)28(27-5)26(24)19-18-22(13-7-2)14-8-3;3*1-2/h6-17,19-20,27H,2,4,18H2,1,3,5H3;3*1-2H3/p+1/b10-6-,14-8-,21-15+,22-13+,24-20-,26-19-;;;. The van der Waals surface area contributed by atoms with E-state index in [1.54, 1.807) is 0 Å². The lowest BCUT2D eigenvalue weighted by molar-refractivity contribution is -0.682. The van der Waals surface area contributed by atoms with E-state index in [1.165, 1.54) is 27.0 Å². The highest BCUT2D eigenvalue weighted by molar-refractivity contribution is 5.83. The van der Waals surface area contributed by atoms with Crippen LogP contribution < -0.4 is 16.0 Å². The molecule has 1 aromatic carbocycles. The smallest absolute Gasteiger partial charge is 0.102 e. The summed E-state index contributed by atoms with van der Waals surface area (Å²) in [6.45, 7) is 23.9. The number of quaternary nitrogens is 1. The van der Waals surface area contributed by atoms with E-state index >= 15 is 0 Å². The maximum Gasteiger partial charge on any atom is 0.102 e. The summed E-state index contributed by atoms with van der Waals surface area (Å²) in [7, 11) is 2.07. The van der Waals surface area contributed by atoms with Crippen molar-refractivity contribution in [1.82, 2.24) is 4.68 Å². The Morgan fingerprint density at radius 3 is 2.12 bits per heavy atom. The van der Waals surface area contributed by atoms with Gasteiger partial charge in [-0.2, -0.15) is 4.68 Å². The Morgan fingerprint density at radius 1 is 0.941 bits per heavy atom. The molecule has 0 bridgehead atoms. The van der Waals surface area contributed by atoms with Crippen LogP contribution in [0.4, 0.5) is 0 Å². The van der Waals surface area contributed by atoms with E-state index in [0.29, 0.717) is 0 Å². The van der Waals surface area contributed by atoms with Gasteiger partial charge in [0.2, 0.25) is 0 Å². The van der Waals surface area contributed by atoms with Crippen LogP contribution in [0.25, 0.3) is 23.1 Å². The Bertz CT molecular complexity index is 1070. The number of nitrogens with zero attached hydrogens (tertiary/aromatic N) is 1. The van der Waals surface area contributed by atoms with E-state index in [0.717, 1.165) is 12.0 Å². The number of aromatic nitrogens is 1. The molecule has 1 heterocycles. The third-order valence-corrected chi connectivity index (χ3v) is 4.52. The van der Waals surface area contributed by atoms with E-state index in [2.05, 4.69) is 91.0 Å². The van der Waals surface area contributed by atoms with Crippen LogP contribution in [0.1, 0.15) is 61.8 Å². The number of fused-ring (bicyclic) bond motifs is 1. The molecule has 0 spiro atoms. The largest absolute Gasteiger partial charge is 0.241 e. The molecule has 2 aromatic rings. The van der Waals surface area contributed by atoms with Gasteiger partial charge in [0.1, 0.15) is 5.52 Å². The molecule has 0 aliphatic carbocycles. The topological polar surface area (TPSA) is 21.5 Å². The van der Waals surface area contributed by atoms with Crippen molar-refractivity contribution in [2.24, 2.45) is 0 Å². The molecule has 2 N–H and O–H groups in total. The third-order valence-electron chi connectivity index (χ3n) is 4.52. The summed E-state index contributed by atoms with van der Waals surface area (Å²) in [5.41, 5.74) is 5.64. The highest BCUT2D eigenvalue weighted by Crippen LogP contribution is 2.09. The molecular weight excluding hydrogens is 412 g/mol. The fourth-order valence-electron chi connectivity index (χ4n) is 3.27. The third kappa shape index (κ3) is 10.2. The van der Waals surface area contributed by atoms with Crippen molar-refractivity contribution < 1.29 is 5.43 Å². The van der Waals surface area contributed by atoms with Gasteiger partial charge in [-0.15, -0.1) is 0 Å². The van der Waals surface area contributed by atoms with E-state index in [4.69, 9.17) is 0 Å². The molecule has 0 aliphatic heterocycles. The van der Waals surface area contributed by atoms with Crippen LogP contribution in [0, 0.1) is 0 Å². The van der Waals surface area contributed by atoms with Gasteiger partial charge in [-0.05, 0) is 43.6 Å². The number of hydrogen-bond acceptors (Lipinski definition) is 0. The molecule has 0 unspecified atom stereocenters. The first-order chi connectivity index (χ1) is 16.7. The summed E-state index contributed by atoms with van der Waals surface area (Å²) in [6, 6.07) is 8.53. The summed E-state index contributed by atoms with van der Waals surface area (Å²) >= 11 is 0. The van der Waals surface area contributed by atoms with Gasteiger partial charge in [0.25, 0.3) is 0 Å². The summed E-state index contributed by atoms with van der Waals surface area (Å²) in [4.78, 5) is 0. The predicted octanol–water partition coefficient (Wildman–Crippen LogP) is 7.00. The molecule has 2 rings (SSSR count). The van der Waals surface area contributed by atoms with Gasteiger partial charge >= 0.3 is 0 Å². The molecule has 2 heteroatoms. The van der Waals surface area contributed by atoms with Crippen molar-refractivity contribution in [2.75, 3.05) is 7.05 Å². The lowest BCUT2D eigenvalue weighted by Gasteiger charge is -2.00. The van der Waals surface area contributed by atoms with Gasteiger partial charge in [-0.1, -0.05) is 128 Å². The lowest BCUT2D eigenvalue weighted by atomic mass is 10.1. The van der Waals surface area contributed by atoms with Crippen LogP contribution in [0.3, 0.4) is 0 Å². The van der Waals surface area contributed by atoms with Crippen molar-refractivity contribution in [3.63, 3.8) is 0 Å². The van der Waals surface area contributed by atoms with Crippen LogP contribution in [0.2, 0.25) is 0 Å². The molecule has 0 aliphatic rings. The first-order valence-electron chi connectivity index (χ1n) is 12.7. The van der Waals surface area contributed by atoms with Crippen molar-refractivity contribution in [1.29, 1.82) is 0 Å². The Hall–Kier alpha value is -3.10. The van der Waals surface area contributed by atoms with Gasteiger partial charge in [-0.25, -0.2) is 5.43 Å². The molecule has 0 fully saturated rings. The Morgan fingerprint density at radius 2 is 1.59 bits per heavy atom. The van der Waals surface area contributed by atoms with Gasteiger partial charge in [-0.3, -0.25) is 0 Å². The fourth-order valence-corrected chi connectivity index (χ4v) is 3.27. The van der Waals surface area contributed by atoms with Gasteiger partial charge in [0.05, 0.1) is 12.4 Å². The highest BCUT2D eigenvalue weighted by Gasteiger charge is 2.08. The van der Waals surface area contributed by atoms with Gasteiger partial charge in [0.15, 0.2) is 0 Å². The first-order valence-corrected chi connectivity index (χ1v) is 12.7. The summed E-state index contributed by atoms with van der Waals surface area (Å²) in [6.07, 6.45) is 21.5.